The number of amides is 2. The number of thiazole rings is 1. The van der Waals surface area contributed by atoms with Gasteiger partial charge in [0.25, 0.3) is 11.8 Å². The van der Waals surface area contributed by atoms with Crippen molar-refractivity contribution < 1.29 is 9.59 Å². The molecule has 0 aromatic carbocycles. The molecule has 6 nitrogen and oxygen atoms in total. The number of primary amides is 1. The van der Waals surface area contributed by atoms with Crippen LogP contribution in [0.5, 0.6) is 0 Å². The Bertz CT molecular complexity index is 776. The molecular formula is C12H8N4O2S2. The summed E-state index contributed by atoms with van der Waals surface area (Å²) in [5.74, 6) is -0.866. The number of nitrogens with zero attached hydrogens (tertiary/aromatic N) is 2. The van der Waals surface area contributed by atoms with Gasteiger partial charge in [-0.25, -0.2) is 9.97 Å². The molecule has 3 N–H and O–H groups in total. The van der Waals surface area contributed by atoms with E-state index in [4.69, 9.17) is 5.73 Å². The second kappa shape index (κ2) is 4.99. The zero-order chi connectivity index (χ0) is 14.1. The fourth-order valence-corrected chi connectivity index (χ4v) is 3.16. The Hall–Kier alpha value is -2.32. The minimum Gasteiger partial charge on any atom is -0.364 e. The molecule has 3 rings (SSSR count). The molecular weight excluding hydrogens is 296 g/mol. The summed E-state index contributed by atoms with van der Waals surface area (Å²) in [6.07, 6.45) is 3.09. The molecule has 0 saturated heterocycles. The fraction of sp³-hybridized carbons (Fsp3) is 0. The SMILES string of the molecule is NC(=O)c1ncc(NC(=O)c2cc3cccnc3s2)s1. The van der Waals surface area contributed by atoms with Gasteiger partial charge in [0.15, 0.2) is 5.01 Å². The van der Waals surface area contributed by atoms with Gasteiger partial charge in [-0.3, -0.25) is 9.59 Å². The van der Waals surface area contributed by atoms with E-state index < -0.39 is 5.91 Å². The maximum absolute atomic E-state index is 12.1. The third-order valence-electron chi connectivity index (χ3n) is 2.47. The number of hydrogen-bond acceptors (Lipinski definition) is 6. The number of carbonyl (C=O) groups is 2. The maximum Gasteiger partial charge on any atom is 0.277 e. The van der Waals surface area contributed by atoms with Gasteiger partial charge in [0, 0.05) is 11.6 Å². The van der Waals surface area contributed by atoms with E-state index in [9.17, 15) is 9.59 Å². The van der Waals surface area contributed by atoms with Crippen molar-refractivity contribution in [1.82, 2.24) is 9.97 Å². The highest BCUT2D eigenvalue weighted by Gasteiger charge is 2.13. The van der Waals surface area contributed by atoms with Crippen molar-refractivity contribution in [1.29, 1.82) is 0 Å². The highest BCUT2D eigenvalue weighted by Crippen LogP contribution is 2.25. The number of aromatic nitrogens is 2. The lowest BCUT2D eigenvalue weighted by atomic mass is 10.3. The van der Waals surface area contributed by atoms with E-state index in [1.165, 1.54) is 17.5 Å². The number of thiophene rings is 1. The molecule has 0 bridgehead atoms. The molecule has 0 saturated carbocycles. The van der Waals surface area contributed by atoms with Crippen molar-refractivity contribution in [3.05, 3.63) is 40.5 Å². The van der Waals surface area contributed by atoms with Crippen LogP contribution >= 0.6 is 22.7 Å². The average Bonchev–Trinajstić information content (AvgIpc) is 3.04. The number of nitrogens with two attached hydrogens (primary N) is 1. The first kappa shape index (κ1) is 12.7. The number of nitrogens with one attached hydrogen (secondary N) is 1. The van der Waals surface area contributed by atoms with Crippen molar-refractivity contribution in [3.63, 3.8) is 0 Å². The van der Waals surface area contributed by atoms with Crippen molar-refractivity contribution in [3.8, 4) is 0 Å². The summed E-state index contributed by atoms with van der Waals surface area (Å²) in [5, 5.41) is 4.25. The van der Waals surface area contributed by atoms with Crippen molar-refractivity contribution in [2.24, 2.45) is 5.73 Å². The second-order valence-corrected chi connectivity index (χ2v) is 5.92. The minimum absolute atomic E-state index is 0.165. The lowest BCUT2D eigenvalue weighted by molar-refractivity contribution is 0.0997. The molecule has 0 spiro atoms. The van der Waals surface area contributed by atoms with Crippen LogP contribution in [0.15, 0.2) is 30.6 Å². The smallest absolute Gasteiger partial charge is 0.277 e. The summed E-state index contributed by atoms with van der Waals surface area (Å²) in [7, 11) is 0. The van der Waals surface area contributed by atoms with Crippen LogP contribution in [0.3, 0.4) is 0 Å². The molecule has 3 aromatic rings. The molecule has 0 aliphatic carbocycles. The maximum atomic E-state index is 12.1. The molecule has 0 aliphatic heterocycles. The quantitative estimate of drug-likeness (QED) is 0.774. The highest BCUT2D eigenvalue weighted by atomic mass is 32.1. The van der Waals surface area contributed by atoms with Crippen LogP contribution in [0.25, 0.3) is 10.2 Å². The lowest BCUT2D eigenvalue weighted by Crippen LogP contribution is -2.10. The van der Waals surface area contributed by atoms with Crippen molar-refractivity contribution in [2.75, 3.05) is 5.32 Å². The van der Waals surface area contributed by atoms with E-state index in [0.29, 0.717) is 9.88 Å². The molecule has 0 radical (unpaired) electrons. The lowest BCUT2D eigenvalue weighted by Gasteiger charge is -1.97. The summed E-state index contributed by atoms with van der Waals surface area (Å²) < 4.78 is 0. The van der Waals surface area contributed by atoms with Gasteiger partial charge in [0.05, 0.1) is 11.1 Å². The Morgan fingerprint density at radius 2 is 2.10 bits per heavy atom. The number of pyridine rings is 1. The molecule has 3 heterocycles. The number of rotatable bonds is 3. The monoisotopic (exact) mass is 304 g/mol. The molecule has 100 valence electrons. The molecule has 8 heteroatoms. The van der Waals surface area contributed by atoms with Crippen LogP contribution in [-0.2, 0) is 0 Å². The molecule has 0 atom stereocenters. The van der Waals surface area contributed by atoms with Gasteiger partial charge in [0.1, 0.15) is 9.83 Å². The van der Waals surface area contributed by atoms with Crippen LogP contribution in [-0.4, -0.2) is 21.8 Å². The third kappa shape index (κ3) is 2.38. The summed E-state index contributed by atoms with van der Waals surface area (Å²) in [4.78, 5) is 32.4. The predicted octanol–water partition coefficient (Wildman–Crippen LogP) is 2.10. The van der Waals surface area contributed by atoms with Crippen LogP contribution < -0.4 is 11.1 Å². The Kier molecular flexibility index (Phi) is 3.17. The van der Waals surface area contributed by atoms with Crippen molar-refractivity contribution in [2.45, 2.75) is 0 Å². The zero-order valence-electron chi connectivity index (χ0n) is 9.99. The summed E-state index contributed by atoms with van der Waals surface area (Å²) in [5.41, 5.74) is 5.11. The first-order valence-electron chi connectivity index (χ1n) is 5.55. The van der Waals surface area contributed by atoms with Crippen LogP contribution in [0.2, 0.25) is 0 Å². The topological polar surface area (TPSA) is 98.0 Å². The first-order chi connectivity index (χ1) is 9.63. The molecule has 0 aliphatic rings. The van der Waals surface area contributed by atoms with Gasteiger partial charge < -0.3 is 11.1 Å². The Labute approximate surface area is 121 Å². The summed E-state index contributed by atoms with van der Waals surface area (Å²) in [6, 6.07) is 5.49. The fourth-order valence-electron chi connectivity index (χ4n) is 1.60. The van der Waals surface area contributed by atoms with Gasteiger partial charge in [-0.15, -0.1) is 11.3 Å². The number of fused-ring (bicyclic) bond motifs is 1. The number of hydrogen-bond donors (Lipinski definition) is 2. The molecule has 0 fully saturated rings. The predicted molar refractivity (Wildman–Crippen MR) is 78.2 cm³/mol. The molecule has 2 amide bonds. The molecule has 20 heavy (non-hydrogen) atoms. The van der Waals surface area contributed by atoms with Gasteiger partial charge >= 0.3 is 0 Å². The van der Waals surface area contributed by atoms with Crippen LogP contribution in [0.4, 0.5) is 5.00 Å². The van der Waals surface area contributed by atoms with E-state index in [0.717, 1.165) is 21.6 Å². The van der Waals surface area contributed by atoms with E-state index in [1.807, 2.05) is 12.1 Å². The minimum atomic E-state index is -0.610. The van der Waals surface area contributed by atoms with E-state index in [1.54, 1.807) is 12.3 Å². The second-order valence-electron chi connectivity index (χ2n) is 3.86. The van der Waals surface area contributed by atoms with Gasteiger partial charge in [-0.2, -0.15) is 0 Å². The van der Waals surface area contributed by atoms with E-state index >= 15 is 0 Å². The number of carbonyl (C=O) groups excluding carboxylic acids is 2. The normalized spacial score (nSPS) is 10.6. The van der Waals surface area contributed by atoms with E-state index in [-0.39, 0.29) is 10.9 Å². The summed E-state index contributed by atoms with van der Waals surface area (Å²) in [6.45, 7) is 0. The first-order valence-corrected chi connectivity index (χ1v) is 7.18. The Balaban J connectivity index is 1.83. The highest BCUT2D eigenvalue weighted by molar-refractivity contribution is 7.21. The van der Waals surface area contributed by atoms with Crippen LogP contribution in [0.1, 0.15) is 19.5 Å². The van der Waals surface area contributed by atoms with Gasteiger partial charge in [-0.1, -0.05) is 17.4 Å². The number of anilines is 1. The zero-order valence-corrected chi connectivity index (χ0v) is 11.6. The largest absolute Gasteiger partial charge is 0.364 e. The molecule has 0 unspecified atom stereocenters. The Morgan fingerprint density at radius 1 is 1.25 bits per heavy atom. The average molecular weight is 304 g/mol. The van der Waals surface area contributed by atoms with E-state index in [2.05, 4.69) is 15.3 Å². The Morgan fingerprint density at radius 3 is 2.80 bits per heavy atom. The molecule has 3 aromatic heterocycles. The summed E-state index contributed by atoms with van der Waals surface area (Å²) >= 11 is 2.35. The van der Waals surface area contributed by atoms with Crippen molar-refractivity contribution >= 4 is 49.7 Å². The van der Waals surface area contributed by atoms with Gasteiger partial charge in [0.2, 0.25) is 0 Å². The van der Waals surface area contributed by atoms with Gasteiger partial charge in [-0.05, 0) is 12.1 Å². The third-order valence-corrected chi connectivity index (χ3v) is 4.46. The standard InChI is InChI=1S/C12H8N4O2S2/c13-9(17)12-15-5-8(20-12)16-10(18)7-4-6-2-1-3-14-11(6)19-7/h1-5H,(H2,13,17)(H,16,18). The van der Waals surface area contributed by atoms with Crippen LogP contribution in [0, 0.1) is 0 Å².